The summed E-state index contributed by atoms with van der Waals surface area (Å²) in [6.07, 6.45) is 0.669. The summed E-state index contributed by atoms with van der Waals surface area (Å²) in [5, 5.41) is 23.5. The number of benzene rings is 1. The fourth-order valence-electron chi connectivity index (χ4n) is 2.23. The predicted molar refractivity (Wildman–Crippen MR) is 89.2 cm³/mol. The Morgan fingerprint density at radius 2 is 2.22 bits per heavy atom. The number of halogens is 1. The van der Waals surface area contributed by atoms with Crippen LogP contribution < -0.4 is 5.32 Å². The first-order valence-corrected chi connectivity index (χ1v) is 7.86. The number of thiophene rings is 1. The minimum Gasteiger partial charge on any atom is -0.312 e. The highest BCUT2D eigenvalue weighted by molar-refractivity contribution is 7.16. The molecular weight excluding hydrogens is 338 g/mol. The molecular formula is C15H12ClN3O3S. The van der Waals surface area contributed by atoms with E-state index in [0.29, 0.717) is 17.0 Å². The van der Waals surface area contributed by atoms with Crippen LogP contribution in [0.15, 0.2) is 18.2 Å². The van der Waals surface area contributed by atoms with Crippen LogP contribution in [-0.2, 0) is 6.42 Å². The normalized spacial score (nSPS) is 10.2. The number of nitro groups is 1. The van der Waals surface area contributed by atoms with Gasteiger partial charge in [-0.05, 0) is 31.0 Å². The molecule has 1 amide bonds. The third kappa shape index (κ3) is 3.33. The lowest BCUT2D eigenvalue weighted by atomic mass is 10.1. The molecule has 118 valence electrons. The quantitative estimate of drug-likeness (QED) is 0.657. The van der Waals surface area contributed by atoms with Crippen LogP contribution in [0, 0.1) is 28.4 Å². The topological polar surface area (TPSA) is 96.0 Å². The summed E-state index contributed by atoms with van der Waals surface area (Å²) in [4.78, 5) is 23.7. The van der Waals surface area contributed by atoms with Crippen molar-refractivity contribution < 1.29 is 9.72 Å². The number of rotatable bonds is 4. The van der Waals surface area contributed by atoms with Crippen molar-refractivity contribution in [2.75, 3.05) is 5.32 Å². The van der Waals surface area contributed by atoms with E-state index >= 15 is 0 Å². The summed E-state index contributed by atoms with van der Waals surface area (Å²) in [7, 11) is 0. The lowest BCUT2D eigenvalue weighted by molar-refractivity contribution is -0.385. The summed E-state index contributed by atoms with van der Waals surface area (Å²) < 4.78 is 0. The van der Waals surface area contributed by atoms with E-state index in [1.807, 2.05) is 13.8 Å². The lowest BCUT2D eigenvalue weighted by Crippen LogP contribution is -2.14. The Morgan fingerprint density at radius 3 is 2.78 bits per heavy atom. The van der Waals surface area contributed by atoms with Crippen LogP contribution in [-0.4, -0.2) is 10.8 Å². The van der Waals surface area contributed by atoms with Crippen LogP contribution in [0.4, 0.5) is 10.7 Å². The average molecular weight is 350 g/mol. The molecule has 0 aliphatic heterocycles. The summed E-state index contributed by atoms with van der Waals surface area (Å²) in [5.74, 6) is -0.645. The standard InChI is InChI=1S/C15H12ClN3O3S/c1-3-10-8(2)23-15(12(10)7-17)18-14(20)11-5-4-9(16)6-13(11)19(21)22/h4-6H,3H2,1-2H3,(H,18,20). The van der Waals surface area contributed by atoms with E-state index in [2.05, 4.69) is 11.4 Å². The van der Waals surface area contributed by atoms with Crippen LogP contribution >= 0.6 is 22.9 Å². The Bertz CT molecular complexity index is 839. The number of nitriles is 1. The maximum Gasteiger partial charge on any atom is 0.283 e. The van der Waals surface area contributed by atoms with E-state index in [0.717, 1.165) is 16.5 Å². The largest absolute Gasteiger partial charge is 0.312 e. The minimum absolute atomic E-state index is 0.104. The Balaban J connectivity index is 2.42. The molecule has 0 spiro atoms. The van der Waals surface area contributed by atoms with Crippen molar-refractivity contribution in [2.45, 2.75) is 20.3 Å². The predicted octanol–water partition coefficient (Wildman–Crippen LogP) is 4.30. The van der Waals surface area contributed by atoms with Crippen LogP contribution in [0.25, 0.3) is 0 Å². The molecule has 2 rings (SSSR count). The molecule has 0 radical (unpaired) electrons. The Morgan fingerprint density at radius 1 is 1.52 bits per heavy atom. The van der Waals surface area contributed by atoms with E-state index in [9.17, 15) is 20.2 Å². The van der Waals surface area contributed by atoms with E-state index in [1.165, 1.54) is 23.5 Å². The average Bonchev–Trinajstić information content (AvgIpc) is 2.81. The molecule has 0 aliphatic carbocycles. The van der Waals surface area contributed by atoms with Crippen LogP contribution in [0.2, 0.25) is 5.02 Å². The fraction of sp³-hybridized carbons (Fsp3) is 0.200. The first-order valence-electron chi connectivity index (χ1n) is 6.66. The third-order valence-corrected chi connectivity index (χ3v) is 4.60. The van der Waals surface area contributed by atoms with E-state index < -0.39 is 10.8 Å². The zero-order valence-electron chi connectivity index (χ0n) is 12.3. The minimum atomic E-state index is -0.664. The molecule has 1 heterocycles. The number of nitrogens with zero attached hydrogens (tertiary/aromatic N) is 2. The molecule has 6 nitrogen and oxygen atoms in total. The lowest BCUT2D eigenvalue weighted by Gasteiger charge is -2.05. The number of amides is 1. The third-order valence-electron chi connectivity index (χ3n) is 3.30. The van der Waals surface area contributed by atoms with Gasteiger partial charge in [0.05, 0.1) is 10.5 Å². The molecule has 0 saturated heterocycles. The van der Waals surface area contributed by atoms with Crippen molar-refractivity contribution in [1.82, 2.24) is 0 Å². The molecule has 8 heteroatoms. The van der Waals surface area contributed by atoms with Gasteiger partial charge in [-0.3, -0.25) is 14.9 Å². The van der Waals surface area contributed by atoms with Gasteiger partial charge in [0.15, 0.2) is 0 Å². The van der Waals surface area contributed by atoms with Crippen LogP contribution in [0.5, 0.6) is 0 Å². The Labute approximate surface area is 141 Å². The zero-order chi connectivity index (χ0) is 17.1. The summed E-state index contributed by atoms with van der Waals surface area (Å²) in [5.41, 5.74) is 0.795. The van der Waals surface area contributed by atoms with Gasteiger partial charge < -0.3 is 5.32 Å². The number of anilines is 1. The van der Waals surface area contributed by atoms with Crippen molar-refractivity contribution in [2.24, 2.45) is 0 Å². The van der Waals surface area contributed by atoms with Gasteiger partial charge in [-0.2, -0.15) is 5.26 Å². The summed E-state index contributed by atoms with van der Waals surface area (Å²) in [6, 6.07) is 5.91. The smallest absolute Gasteiger partial charge is 0.283 e. The molecule has 1 N–H and O–H groups in total. The molecule has 0 saturated carbocycles. The van der Waals surface area contributed by atoms with Gasteiger partial charge in [-0.15, -0.1) is 11.3 Å². The molecule has 1 aromatic heterocycles. The number of nitrogens with one attached hydrogen (secondary N) is 1. The highest BCUT2D eigenvalue weighted by Crippen LogP contribution is 2.33. The maximum atomic E-state index is 12.4. The van der Waals surface area contributed by atoms with Crippen LogP contribution in [0.1, 0.15) is 33.3 Å². The van der Waals surface area contributed by atoms with Crippen LogP contribution in [0.3, 0.4) is 0 Å². The first-order chi connectivity index (χ1) is 10.9. The second kappa shape index (κ2) is 6.77. The molecule has 1 aromatic carbocycles. The van der Waals surface area contributed by atoms with Gasteiger partial charge in [0, 0.05) is 16.0 Å². The number of aryl methyl sites for hydroxylation is 1. The van der Waals surface area contributed by atoms with Gasteiger partial charge in [0.2, 0.25) is 0 Å². The second-order valence-corrected chi connectivity index (χ2v) is 6.34. The van der Waals surface area contributed by atoms with Gasteiger partial charge in [-0.25, -0.2) is 0 Å². The number of carbonyl (C=O) groups excluding carboxylic acids is 1. The fourth-order valence-corrected chi connectivity index (χ4v) is 3.49. The molecule has 0 bridgehead atoms. The van der Waals surface area contributed by atoms with Crippen molar-refractivity contribution in [3.05, 3.63) is 54.9 Å². The molecule has 2 aromatic rings. The number of carbonyl (C=O) groups is 1. The van der Waals surface area contributed by atoms with Crippen molar-refractivity contribution in [1.29, 1.82) is 5.26 Å². The highest BCUT2D eigenvalue weighted by Gasteiger charge is 2.23. The van der Waals surface area contributed by atoms with Gasteiger partial charge in [0.25, 0.3) is 11.6 Å². The maximum absolute atomic E-state index is 12.4. The number of hydrogen-bond donors (Lipinski definition) is 1. The van der Waals surface area contributed by atoms with E-state index in [-0.39, 0.29) is 16.3 Å². The molecule has 0 unspecified atom stereocenters. The molecule has 23 heavy (non-hydrogen) atoms. The van der Waals surface area contributed by atoms with E-state index in [4.69, 9.17) is 11.6 Å². The van der Waals surface area contributed by atoms with Gasteiger partial charge >= 0.3 is 0 Å². The highest BCUT2D eigenvalue weighted by atomic mass is 35.5. The SMILES string of the molecule is CCc1c(C)sc(NC(=O)c2ccc(Cl)cc2[N+](=O)[O-])c1C#N. The monoisotopic (exact) mass is 349 g/mol. The zero-order valence-corrected chi connectivity index (χ0v) is 13.9. The number of nitro benzene ring substituents is 1. The molecule has 0 atom stereocenters. The molecule has 0 aliphatic rings. The Kier molecular flexibility index (Phi) is 4.98. The first kappa shape index (κ1) is 16.9. The van der Waals surface area contributed by atoms with Crippen molar-refractivity contribution in [3.63, 3.8) is 0 Å². The van der Waals surface area contributed by atoms with Crippen molar-refractivity contribution >= 4 is 39.5 Å². The van der Waals surface area contributed by atoms with E-state index in [1.54, 1.807) is 0 Å². The summed E-state index contributed by atoms with van der Waals surface area (Å²) >= 11 is 7.02. The molecule has 0 fully saturated rings. The van der Waals surface area contributed by atoms with Gasteiger partial charge in [0.1, 0.15) is 16.6 Å². The second-order valence-electron chi connectivity index (χ2n) is 4.68. The van der Waals surface area contributed by atoms with Crippen molar-refractivity contribution in [3.8, 4) is 6.07 Å². The summed E-state index contributed by atoms with van der Waals surface area (Å²) in [6.45, 7) is 3.79. The number of hydrogen-bond acceptors (Lipinski definition) is 5. The Hall–Kier alpha value is -2.43. The van der Waals surface area contributed by atoms with Gasteiger partial charge in [-0.1, -0.05) is 18.5 Å².